The number of carbonyl (C=O) groups excluding carboxylic acids is 1. The minimum absolute atomic E-state index is 0.0941. The van der Waals surface area contributed by atoms with E-state index in [4.69, 9.17) is 0 Å². The summed E-state index contributed by atoms with van der Waals surface area (Å²) in [6, 6.07) is 0.119. The Labute approximate surface area is 130 Å². The summed E-state index contributed by atoms with van der Waals surface area (Å²) in [5, 5.41) is 8.64. The molecule has 1 amide bonds. The van der Waals surface area contributed by atoms with Crippen LogP contribution in [0.25, 0.3) is 0 Å². The zero-order chi connectivity index (χ0) is 15.9. The molecule has 1 aliphatic rings. The van der Waals surface area contributed by atoms with Crippen LogP contribution in [-0.4, -0.2) is 36.9 Å². The van der Waals surface area contributed by atoms with Crippen LogP contribution >= 0.6 is 0 Å². The Balaban J connectivity index is 1.95. The Morgan fingerprint density at radius 3 is 2.64 bits per heavy atom. The van der Waals surface area contributed by atoms with Crippen molar-refractivity contribution >= 4 is 5.91 Å². The topological polar surface area (TPSA) is 56.0 Å². The quantitative estimate of drug-likeness (QED) is 0.854. The maximum atomic E-state index is 13.1. The minimum atomic E-state index is 0.0941. The Hall–Kier alpha value is -2.11. The highest BCUT2D eigenvalue weighted by molar-refractivity contribution is 5.96. The molecular weight excluding hydrogens is 278 g/mol. The van der Waals surface area contributed by atoms with Gasteiger partial charge in [0.2, 0.25) is 0 Å². The average molecular weight is 301 g/mol. The molecule has 2 aromatic heterocycles. The van der Waals surface area contributed by atoms with Crippen molar-refractivity contribution in [2.45, 2.75) is 39.2 Å². The summed E-state index contributed by atoms with van der Waals surface area (Å²) >= 11 is 0. The summed E-state index contributed by atoms with van der Waals surface area (Å²) in [5.41, 5.74) is 3.60. The molecule has 0 radical (unpaired) electrons. The number of hydrogen-bond donors (Lipinski definition) is 0. The molecule has 0 bridgehead atoms. The van der Waals surface area contributed by atoms with Crippen molar-refractivity contribution in [1.82, 2.24) is 24.5 Å². The molecule has 3 rings (SSSR count). The Bertz CT molecular complexity index is 699. The van der Waals surface area contributed by atoms with E-state index in [0.717, 1.165) is 48.3 Å². The third-order valence-electron chi connectivity index (χ3n) is 4.60. The van der Waals surface area contributed by atoms with Gasteiger partial charge in [0.25, 0.3) is 5.91 Å². The second kappa shape index (κ2) is 5.59. The molecule has 0 aromatic carbocycles. The lowest BCUT2D eigenvalue weighted by atomic mass is 9.96. The molecule has 6 heteroatoms. The zero-order valence-electron chi connectivity index (χ0n) is 13.7. The van der Waals surface area contributed by atoms with Gasteiger partial charge in [-0.2, -0.15) is 10.2 Å². The van der Waals surface area contributed by atoms with Gasteiger partial charge in [0.05, 0.1) is 23.5 Å². The molecule has 1 fully saturated rings. The van der Waals surface area contributed by atoms with Gasteiger partial charge in [-0.05, 0) is 33.1 Å². The average Bonchev–Trinajstić information content (AvgIpc) is 3.03. The van der Waals surface area contributed by atoms with Crippen LogP contribution in [0.15, 0.2) is 12.4 Å². The lowest BCUT2D eigenvalue weighted by Crippen LogP contribution is -2.38. The first kappa shape index (κ1) is 14.8. The van der Waals surface area contributed by atoms with Crippen molar-refractivity contribution in [1.29, 1.82) is 0 Å². The second-order valence-corrected chi connectivity index (χ2v) is 6.13. The number of rotatable bonds is 2. The molecule has 1 aliphatic heterocycles. The van der Waals surface area contributed by atoms with Gasteiger partial charge in [0.15, 0.2) is 0 Å². The van der Waals surface area contributed by atoms with E-state index in [-0.39, 0.29) is 11.9 Å². The van der Waals surface area contributed by atoms with E-state index >= 15 is 0 Å². The fourth-order valence-corrected chi connectivity index (χ4v) is 3.36. The van der Waals surface area contributed by atoms with E-state index in [1.54, 1.807) is 9.36 Å². The highest BCUT2D eigenvalue weighted by atomic mass is 16.2. The highest BCUT2D eigenvalue weighted by Gasteiger charge is 2.32. The van der Waals surface area contributed by atoms with E-state index in [2.05, 4.69) is 10.2 Å². The highest BCUT2D eigenvalue weighted by Crippen LogP contribution is 2.32. The third kappa shape index (κ3) is 2.42. The normalized spacial score (nSPS) is 18.7. The number of piperidine rings is 1. The molecular formula is C16H23N5O. The van der Waals surface area contributed by atoms with Crippen molar-refractivity contribution in [3.8, 4) is 0 Å². The first-order valence-corrected chi connectivity index (χ1v) is 7.78. The van der Waals surface area contributed by atoms with Gasteiger partial charge in [0, 0.05) is 38.1 Å². The Kier molecular flexibility index (Phi) is 3.76. The Morgan fingerprint density at radius 2 is 2.05 bits per heavy atom. The first-order valence-electron chi connectivity index (χ1n) is 7.78. The maximum Gasteiger partial charge on any atom is 0.258 e. The summed E-state index contributed by atoms with van der Waals surface area (Å²) in [6.45, 7) is 4.66. The summed E-state index contributed by atoms with van der Waals surface area (Å²) < 4.78 is 3.58. The molecule has 3 heterocycles. The molecule has 2 aromatic rings. The van der Waals surface area contributed by atoms with Crippen LogP contribution in [0.1, 0.15) is 52.6 Å². The fourth-order valence-electron chi connectivity index (χ4n) is 3.36. The molecule has 118 valence electrons. The molecule has 0 saturated carbocycles. The van der Waals surface area contributed by atoms with Crippen molar-refractivity contribution in [3.05, 3.63) is 34.9 Å². The predicted molar refractivity (Wildman–Crippen MR) is 83.5 cm³/mol. The number of carbonyl (C=O) groups is 1. The maximum absolute atomic E-state index is 13.1. The number of likely N-dealkylation sites (tertiary alicyclic amines) is 1. The van der Waals surface area contributed by atoms with Gasteiger partial charge >= 0.3 is 0 Å². The molecule has 1 saturated heterocycles. The van der Waals surface area contributed by atoms with Gasteiger partial charge in [-0.3, -0.25) is 14.2 Å². The van der Waals surface area contributed by atoms with Crippen LogP contribution in [-0.2, 0) is 14.1 Å². The fraction of sp³-hybridized carbons (Fsp3) is 0.562. The van der Waals surface area contributed by atoms with Crippen LogP contribution in [0.5, 0.6) is 0 Å². The van der Waals surface area contributed by atoms with Crippen LogP contribution in [0.4, 0.5) is 0 Å². The minimum Gasteiger partial charge on any atom is -0.331 e. The molecule has 0 aliphatic carbocycles. The summed E-state index contributed by atoms with van der Waals surface area (Å²) in [6.07, 6.45) is 7.09. The summed E-state index contributed by atoms with van der Waals surface area (Å²) in [7, 11) is 3.79. The summed E-state index contributed by atoms with van der Waals surface area (Å²) in [4.78, 5) is 15.1. The van der Waals surface area contributed by atoms with Crippen LogP contribution in [0.2, 0.25) is 0 Å². The number of hydrogen-bond acceptors (Lipinski definition) is 3. The van der Waals surface area contributed by atoms with Gasteiger partial charge in [-0.1, -0.05) is 0 Å². The smallest absolute Gasteiger partial charge is 0.258 e. The van der Waals surface area contributed by atoms with E-state index < -0.39 is 0 Å². The van der Waals surface area contributed by atoms with Gasteiger partial charge in [-0.15, -0.1) is 0 Å². The van der Waals surface area contributed by atoms with E-state index in [1.807, 2.05) is 45.2 Å². The van der Waals surface area contributed by atoms with E-state index in [1.165, 1.54) is 0 Å². The lowest BCUT2D eigenvalue weighted by Gasteiger charge is -2.35. The molecule has 22 heavy (non-hydrogen) atoms. The SMILES string of the molecule is Cc1nn(C)c(C)c1C(=O)N1CCCC[C@@H]1c1cnn(C)c1. The van der Waals surface area contributed by atoms with Crippen molar-refractivity contribution in [3.63, 3.8) is 0 Å². The molecule has 0 spiro atoms. The van der Waals surface area contributed by atoms with E-state index in [0.29, 0.717) is 0 Å². The number of aryl methyl sites for hydroxylation is 3. The third-order valence-corrected chi connectivity index (χ3v) is 4.60. The van der Waals surface area contributed by atoms with Crippen LogP contribution in [0.3, 0.4) is 0 Å². The van der Waals surface area contributed by atoms with Crippen molar-refractivity contribution < 1.29 is 4.79 Å². The first-order chi connectivity index (χ1) is 10.5. The largest absolute Gasteiger partial charge is 0.331 e. The van der Waals surface area contributed by atoms with Gasteiger partial charge < -0.3 is 4.90 Å². The van der Waals surface area contributed by atoms with Gasteiger partial charge in [0.1, 0.15) is 0 Å². The van der Waals surface area contributed by atoms with Crippen LogP contribution in [0, 0.1) is 13.8 Å². The number of nitrogens with zero attached hydrogens (tertiary/aromatic N) is 5. The monoisotopic (exact) mass is 301 g/mol. The lowest BCUT2D eigenvalue weighted by molar-refractivity contribution is 0.0610. The molecule has 0 N–H and O–H groups in total. The second-order valence-electron chi connectivity index (χ2n) is 6.13. The standard InChI is InChI=1S/C16H23N5O/c1-11-15(12(2)20(4)18-11)16(22)21-8-6-5-7-14(21)13-9-17-19(3)10-13/h9-10,14H,5-8H2,1-4H3/t14-/m1/s1. The zero-order valence-corrected chi connectivity index (χ0v) is 13.7. The van der Waals surface area contributed by atoms with Crippen molar-refractivity contribution in [2.24, 2.45) is 14.1 Å². The van der Waals surface area contributed by atoms with Crippen molar-refractivity contribution in [2.75, 3.05) is 6.54 Å². The Morgan fingerprint density at radius 1 is 1.27 bits per heavy atom. The molecule has 1 atom stereocenters. The molecule has 6 nitrogen and oxygen atoms in total. The van der Waals surface area contributed by atoms with Crippen LogP contribution < -0.4 is 0 Å². The summed E-state index contributed by atoms with van der Waals surface area (Å²) in [5.74, 6) is 0.0941. The van der Waals surface area contributed by atoms with Gasteiger partial charge in [-0.25, -0.2) is 0 Å². The predicted octanol–water partition coefficient (Wildman–Crippen LogP) is 2.14. The van der Waals surface area contributed by atoms with E-state index in [9.17, 15) is 4.79 Å². The number of aromatic nitrogens is 4. The molecule has 0 unspecified atom stereocenters. The number of amides is 1.